The third-order valence-electron chi connectivity index (χ3n) is 4.05. The lowest BCUT2D eigenvalue weighted by Crippen LogP contribution is -2.13. The van der Waals surface area contributed by atoms with Gasteiger partial charge in [-0.1, -0.05) is 12.1 Å². The summed E-state index contributed by atoms with van der Waals surface area (Å²) in [6, 6.07) is 6.99. The second kappa shape index (κ2) is 5.66. The predicted octanol–water partition coefficient (Wildman–Crippen LogP) is 4.61. The second-order valence-electron chi connectivity index (χ2n) is 5.70. The lowest BCUT2D eigenvalue weighted by molar-refractivity contribution is 0.101. The molecule has 0 bridgehead atoms. The van der Waals surface area contributed by atoms with E-state index in [1.807, 2.05) is 13.8 Å². The number of H-pyrrole nitrogens is 1. The molecule has 0 fully saturated rings. The zero-order valence-corrected chi connectivity index (χ0v) is 14.4. The van der Waals surface area contributed by atoms with Gasteiger partial charge in [-0.05, 0) is 45.4 Å². The maximum atomic E-state index is 12.7. The number of Topliss-reactive ketones (excluding diaryl/α,β-unsaturated/α-hetero) is 1. The first kappa shape index (κ1) is 15.5. The van der Waals surface area contributed by atoms with Gasteiger partial charge in [0.05, 0.1) is 15.8 Å². The van der Waals surface area contributed by atoms with Gasteiger partial charge in [0.25, 0.3) is 5.91 Å². The van der Waals surface area contributed by atoms with Gasteiger partial charge in [-0.3, -0.25) is 9.59 Å². The van der Waals surface area contributed by atoms with Gasteiger partial charge in [0.1, 0.15) is 0 Å². The molecule has 2 aromatic heterocycles. The summed E-state index contributed by atoms with van der Waals surface area (Å²) in [5.74, 6) is -0.179. The predicted molar refractivity (Wildman–Crippen MR) is 94.8 cm³/mol. The van der Waals surface area contributed by atoms with Crippen molar-refractivity contribution in [1.82, 2.24) is 4.98 Å². The standard InChI is InChI=1S/C18H18N2O2S/c1-9-10(2)19-16-15(12(4)23-17(9)16)18(22)20-14-7-5-6-13(8-14)11(3)21/h5-8,19H,1-4H3,(H,20,22). The Bertz CT molecular complexity index is 934. The number of amides is 1. The number of aryl methyl sites for hydroxylation is 3. The zero-order chi connectivity index (χ0) is 16.7. The van der Waals surface area contributed by atoms with Crippen molar-refractivity contribution < 1.29 is 9.59 Å². The molecule has 3 rings (SSSR count). The topological polar surface area (TPSA) is 62.0 Å². The first-order chi connectivity index (χ1) is 10.9. The van der Waals surface area contributed by atoms with Crippen LogP contribution >= 0.6 is 11.3 Å². The average molecular weight is 326 g/mol. The van der Waals surface area contributed by atoms with Gasteiger partial charge in [0.2, 0.25) is 0 Å². The van der Waals surface area contributed by atoms with Crippen molar-refractivity contribution in [3.05, 3.63) is 51.5 Å². The molecule has 3 aromatic rings. The van der Waals surface area contributed by atoms with E-state index in [0.717, 1.165) is 20.8 Å². The Hall–Kier alpha value is -2.40. The smallest absolute Gasteiger partial charge is 0.258 e. The average Bonchev–Trinajstić information content (AvgIpc) is 2.95. The Kier molecular flexibility index (Phi) is 3.82. The monoisotopic (exact) mass is 326 g/mol. The summed E-state index contributed by atoms with van der Waals surface area (Å²) >= 11 is 1.63. The Morgan fingerprint density at radius 3 is 2.61 bits per heavy atom. The summed E-state index contributed by atoms with van der Waals surface area (Å²) in [6.45, 7) is 7.53. The van der Waals surface area contributed by atoms with Crippen molar-refractivity contribution in [2.24, 2.45) is 0 Å². The SMILES string of the molecule is CC(=O)c1cccc(NC(=O)c2c(C)sc3c(C)c(C)[nH]c23)c1. The van der Waals surface area contributed by atoms with Crippen molar-refractivity contribution in [3.8, 4) is 0 Å². The van der Waals surface area contributed by atoms with Crippen molar-refractivity contribution in [2.45, 2.75) is 27.7 Å². The molecule has 0 unspecified atom stereocenters. The van der Waals surface area contributed by atoms with E-state index in [1.165, 1.54) is 12.5 Å². The number of benzene rings is 1. The first-order valence-corrected chi connectivity index (χ1v) is 8.20. The largest absolute Gasteiger partial charge is 0.357 e. The molecule has 0 spiro atoms. The van der Waals surface area contributed by atoms with Crippen molar-refractivity contribution >= 4 is 38.9 Å². The molecule has 23 heavy (non-hydrogen) atoms. The summed E-state index contributed by atoms with van der Waals surface area (Å²) < 4.78 is 1.13. The van der Waals surface area contributed by atoms with Gasteiger partial charge in [-0.2, -0.15) is 0 Å². The maximum absolute atomic E-state index is 12.7. The van der Waals surface area contributed by atoms with Crippen LogP contribution in [0.5, 0.6) is 0 Å². The van der Waals surface area contributed by atoms with Crippen LogP contribution in [0.25, 0.3) is 10.2 Å². The summed E-state index contributed by atoms with van der Waals surface area (Å²) in [4.78, 5) is 28.5. The summed E-state index contributed by atoms with van der Waals surface area (Å²) in [5.41, 5.74) is 5.05. The van der Waals surface area contributed by atoms with E-state index in [0.29, 0.717) is 16.8 Å². The van der Waals surface area contributed by atoms with Gasteiger partial charge in [-0.15, -0.1) is 11.3 Å². The number of hydrogen-bond donors (Lipinski definition) is 2. The molecule has 118 valence electrons. The summed E-state index contributed by atoms with van der Waals surface area (Å²) in [7, 11) is 0. The fourth-order valence-corrected chi connectivity index (χ4v) is 3.83. The van der Waals surface area contributed by atoms with E-state index in [1.54, 1.807) is 35.6 Å². The third-order valence-corrected chi connectivity index (χ3v) is 5.28. The molecule has 0 aliphatic heterocycles. The molecule has 4 nitrogen and oxygen atoms in total. The highest BCUT2D eigenvalue weighted by Gasteiger charge is 2.20. The number of nitrogens with one attached hydrogen (secondary N) is 2. The number of fused-ring (bicyclic) bond motifs is 1. The molecule has 0 radical (unpaired) electrons. The minimum absolute atomic E-state index is 0.0224. The van der Waals surface area contributed by atoms with Crippen LogP contribution in [-0.2, 0) is 0 Å². The lowest BCUT2D eigenvalue weighted by Gasteiger charge is -2.06. The fraction of sp³-hybridized carbons (Fsp3) is 0.222. The molecule has 0 saturated heterocycles. The van der Waals surface area contributed by atoms with E-state index >= 15 is 0 Å². The molecule has 5 heteroatoms. The Labute approximate surface area is 138 Å². The molecule has 2 N–H and O–H groups in total. The number of thiophene rings is 1. The van der Waals surface area contributed by atoms with Crippen LogP contribution in [-0.4, -0.2) is 16.7 Å². The van der Waals surface area contributed by atoms with Crippen LogP contribution in [0, 0.1) is 20.8 Å². The van der Waals surface area contributed by atoms with E-state index in [9.17, 15) is 9.59 Å². The van der Waals surface area contributed by atoms with Crippen LogP contribution in [0.3, 0.4) is 0 Å². The molecular formula is C18H18N2O2S. The minimum atomic E-state index is -0.157. The fourth-order valence-electron chi connectivity index (χ4n) is 2.66. The van der Waals surface area contributed by atoms with Crippen molar-refractivity contribution in [2.75, 3.05) is 5.32 Å². The summed E-state index contributed by atoms with van der Waals surface area (Å²) in [6.07, 6.45) is 0. The molecule has 1 amide bonds. The number of aromatic amines is 1. The highest BCUT2D eigenvalue weighted by Crippen LogP contribution is 2.34. The van der Waals surface area contributed by atoms with Crippen molar-refractivity contribution in [1.29, 1.82) is 0 Å². The lowest BCUT2D eigenvalue weighted by atomic mass is 10.1. The van der Waals surface area contributed by atoms with Crippen LogP contribution < -0.4 is 5.32 Å². The zero-order valence-electron chi connectivity index (χ0n) is 13.5. The molecule has 0 atom stereocenters. The first-order valence-electron chi connectivity index (χ1n) is 7.39. The van der Waals surface area contributed by atoms with Gasteiger partial charge in [-0.25, -0.2) is 0 Å². The Morgan fingerprint density at radius 2 is 1.91 bits per heavy atom. The summed E-state index contributed by atoms with van der Waals surface area (Å²) in [5, 5.41) is 2.90. The molecule has 0 saturated carbocycles. The molecule has 0 aliphatic carbocycles. The normalized spacial score (nSPS) is 11.0. The number of hydrogen-bond acceptors (Lipinski definition) is 3. The third kappa shape index (κ3) is 2.68. The Balaban J connectivity index is 1.98. The van der Waals surface area contributed by atoms with E-state index in [4.69, 9.17) is 0 Å². The Morgan fingerprint density at radius 1 is 1.17 bits per heavy atom. The van der Waals surface area contributed by atoms with Gasteiger partial charge < -0.3 is 10.3 Å². The molecule has 1 aromatic carbocycles. The number of aromatic nitrogens is 1. The number of ketones is 1. The van der Waals surface area contributed by atoms with Crippen molar-refractivity contribution in [3.63, 3.8) is 0 Å². The van der Waals surface area contributed by atoms with Crippen LogP contribution in [0.15, 0.2) is 24.3 Å². The van der Waals surface area contributed by atoms with Gasteiger partial charge in [0, 0.05) is 21.8 Å². The van der Waals surface area contributed by atoms with Crippen LogP contribution in [0.1, 0.15) is 43.8 Å². The number of carbonyl (C=O) groups is 2. The number of anilines is 1. The maximum Gasteiger partial charge on any atom is 0.258 e. The van der Waals surface area contributed by atoms with E-state index < -0.39 is 0 Å². The van der Waals surface area contributed by atoms with Gasteiger partial charge >= 0.3 is 0 Å². The van der Waals surface area contributed by atoms with Gasteiger partial charge in [0.15, 0.2) is 5.78 Å². The highest BCUT2D eigenvalue weighted by atomic mass is 32.1. The van der Waals surface area contributed by atoms with E-state index in [2.05, 4.69) is 17.2 Å². The second-order valence-corrected chi connectivity index (χ2v) is 6.93. The highest BCUT2D eigenvalue weighted by molar-refractivity contribution is 7.19. The number of rotatable bonds is 3. The molecular weight excluding hydrogens is 308 g/mol. The molecule has 0 aliphatic rings. The van der Waals surface area contributed by atoms with E-state index in [-0.39, 0.29) is 11.7 Å². The minimum Gasteiger partial charge on any atom is -0.357 e. The van der Waals surface area contributed by atoms with Crippen LogP contribution in [0.2, 0.25) is 0 Å². The van der Waals surface area contributed by atoms with Crippen LogP contribution in [0.4, 0.5) is 5.69 Å². The molecule has 2 heterocycles. The quantitative estimate of drug-likeness (QED) is 0.690. The number of carbonyl (C=O) groups excluding carboxylic acids is 2.